The van der Waals surface area contributed by atoms with E-state index < -0.39 is 0 Å². The van der Waals surface area contributed by atoms with Crippen molar-refractivity contribution in [3.63, 3.8) is 0 Å². The Morgan fingerprint density at radius 2 is 1.90 bits per heavy atom. The molecule has 1 unspecified atom stereocenters. The molecule has 21 heavy (non-hydrogen) atoms. The van der Waals surface area contributed by atoms with Crippen molar-refractivity contribution in [2.45, 2.75) is 13.0 Å². The van der Waals surface area contributed by atoms with Crippen LogP contribution in [0.1, 0.15) is 18.5 Å². The number of benzene rings is 1. The van der Waals surface area contributed by atoms with Crippen molar-refractivity contribution >= 4 is 0 Å². The number of ether oxygens (including phenoxy) is 2. The lowest BCUT2D eigenvalue weighted by molar-refractivity contribution is 0.117. The molecular formula is C16H23N3O2. The zero-order chi connectivity index (χ0) is 15.2. The van der Waals surface area contributed by atoms with Gasteiger partial charge in [-0.2, -0.15) is 5.26 Å². The third-order valence-electron chi connectivity index (χ3n) is 4.08. The van der Waals surface area contributed by atoms with Gasteiger partial charge in [0, 0.05) is 37.8 Å². The molecule has 0 saturated carbocycles. The van der Waals surface area contributed by atoms with Crippen molar-refractivity contribution in [1.29, 1.82) is 5.26 Å². The van der Waals surface area contributed by atoms with Crippen molar-refractivity contribution in [3.05, 3.63) is 23.8 Å². The van der Waals surface area contributed by atoms with Crippen LogP contribution in [-0.2, 0) is 0 Å². The lowest BCUT2D eigenvalue weighted by Gasteiger charge is -2.36. The molecule has 1 atom stereocenters. The monoisotopic (exact) mass is 289 g/mol. The fourth-order valence-electron chi connectivity index (χ4n) is 2.73. The maximum Gasteiger partial charge on any atom is 0.128 e. The topological polar surface area (TPSA) is 48.7 Å². The molecule has 1 saturated heterocycles. The number of hydrogen-bond donors (Lipinski definition) is 0. The van der Waals surface area contributed by atoms with Gasteiger partial charge in [0.25, 0.3) is 0 Å². The summed E-state index contributed by atoms with van der Waals surface area (Å²) < 4.78 is 10.7. The van der Waals surface area contributed by atoms with Crippen molar-refractivity contribution in [2.24, 2.45) is 0 Å². The minimum Gasteiger partial charge on any atom is -0.497 e. The lowest BCUT2D eigenvalue weighted by atomic mass is 10.0. The van der Waals surface area contributed by atoms with Crippen LogP contribution in [0.4, 0.5) is 0 Å². The second-order valence-electron chi connectivity index (χ2n) is 5.11. The Kier molecular flexibility index (Phi) is 5.43. The number of likely N-dealkylation sites (N-methyl/N-ethyl adjacent to an activating group) is 1. The Balaban J connectivity index is 2.20. The van der Waals surface area contributed by atoms with E-state index in [-0.39, 0.29) is 6.04 Å². The second kappa shape index (κ2) is 7.30. The van der Waals surface area contributed by atoms with Crippen LogP contribution in [0.2, 0.25) is 0 Å². The highest BCUT2D eigenvalue weighted by molar-refractivity contribution is 5.44. The summed E-state index contributed by atoms with van der Waals surface area (Å²) in [7, 11) is 3.25. The summed E-state index contributed by atoms with van der Waals surface area (Å²) in [6.07, 6.45) is 0. The number of methoxy groups -OCH3 is 2. The predicted molar refractivity (Wildman–Crippen MR) is 81.6 cm³/mol. The quantitative estimate of drug-likeness (QED) is 0.828. The number of hydrogen-bond acceptors (Lipinski definition) is 5. The Labute approximate surface area is 126 Å². The van der Waals surface area contributed by atoms with Crippen LogP contribution < -0.4 is 9.47 Å². The van der Waals surface area contributed by atoms with Gasteiger partial charge in [-0.1, -0.05) is 6.92 Å². The van der Waals surface area contributed by atoms with Crippen molar-refractivity contribution < 1.29 is 9.47 Å². The van der Waals surface area contributed by atoms with Crippen LogP contribution >= 0.6 is 0 Å². The molecule has 114 valence electrons. The number of nitriles is 1. The molecule has 0 amide bonds. The van der Waals surface area contributed by atoms with Gasteiger partial charge in [0.05, 0.1) is 20.3 Å². The molecule has 0 radical (unpaired) electrons. The molecule has 0 aromatic heterocycles. The molecule has 1 aromatic carbocycles. The summed E-state index contributed by atoms with van der Waals surface area (Å²) in [5, 5.41) is 9.61. The van der Waals surface area contributed by atoms with Gasteiger partial charge in [-0.15, -0.1) is 0 Å². The molecular weight excluding hydrogens is 266 g/mol. The van der Waals surface area contributed by atoms with Crippen LogP contribution in [0.3, 0.4) is 0 Å². The minimum atomic E-state index is -0.273. The molecule has 0 N–H and O–H groups in total. The van der Waals surface area contributed by atoms with Gasteiger partial charge in [0.2, 0.25) is 0 Å². The lowest BCUT2D eigenvalue weighted by Crippen LogP contribution is -2.47. The normalized spacial score (nSPS) is 18.0. The summed E-state index contributed by atoms with van der Waals surface area (Å²) in [5.74, 6) is 1.45. The van der Waals surface area contributed by atoms with Crippen LogP contribution in [-0.4, -0.2) is 56.7 Å². The molecule has 0 spiro atoms. The molecule has 1 aromatic rings. The van der Waals surface area contributed by atoms with Gasteiger partial charge in [-0.05, 0) is 18.7 Å². The van der Waals surface area contributed by atoms with Crippen LogP contribution in [0, 0.1) is 11.3 Å². The first kappa shape index (κ1) is 15.6. The van der Waals surface area contributed by atoms with Gasteiger partial charge >= 0.3 is 0 Å². The zero-order valence-electron chi connectivity index (χ0n) is 13.0. The Morgan fingerprint density at radius 3 is 2.43 bits per heavy atom. The average Bonchev–Trinajstić information content (AvgIpc) is 2.56. The van der Waals surface area contributed by atoms with Gasteiger partial charge in [0.1, 0.15) is 17.5 Å². The van der Waals surface area contributed by atoms with Crippen LogP contribution in [0.5, 0.6) is 11.5 Å². The maximum atomic E-state index is 9.61. The third kappa shape index (κ3) is 3.46. The third-order valence-corrected chi connectivity index (χ3v) is 4.08. The first-order valence-electron chi connectivity index (χ1n) is 7.31. The SMILES string of the molecule is CCN1CCN(C(C#N)c2ccc(OC)cc2OC)CC1. The molecule has 1 heterocycles. The van der Waals surface area contributed by atoms with E-state index in [2.05, 4.69) is 22.8 Å². The molecule has 5 nitrogen and oxygen atoms in total. The molecule has 1 aliphatic heterocycles. The second-order valence-corrected chi connectivity index (χ2v) is 5.11. The number of piperazine rings is 1. The largest absolute Gasteiger partial charge is 0.497 e. The van der Waals surface area contributed by atoms with Crippen LogP contribution in [0.15, 0.2) is 18.2 Å². The molecule has 1 aliphatic rings. The van der Waals surface area contributed by atoms with Gasteiger partial charge < -0.3 is 14.4 Å². The summed E-state index contributed by atoms with van der Waals surface area (Å²) in [6, 6.07) is 7.79. The number of nitrogens with zero attached hydrogens (tertiary/aromatic N) is 3. The van der Waals surface area contributed by atoms with Crippen molar-refractivity contribution in [3.8, 4) is 17.6 Å². The molecule has 0 bridgehead atoms. The van der Waals surface area contributed by atoms with E-state index in [0.717, 1.165) is 44.0 Å². The highest BCUT2D eigenvalue weighted by atomic mass is 16.5. The smallest absolute Gasteiger partial charge is 0.128 e. The first-order chi connectivity index (χ1) is 10.2. The molecule has 2 rings (SSSR count). The Hall–Kier alpha value is -1.77. The number of rotatable bonds is 5. The fraction of sp³-hybridized carbons (Fsp3) is 0.562. The van der Waals surface area contributed by atoms with Gasteiger partial charge in [-0.25, -0.2) is 0 Å². The Morgan fingerprint density at radius 1 is 1.19 bits per heavy atom. The van der Waals surface area contributed by atoms with E-state index in [4.69, 9.17) is 9.47 Å². The zero-order valence-corrected chi connectivity index (χ0v) is 13.0. The minimum absolute atomic E-state index is 0.273. The van der Waals surface area contributed by atoms with E-state index in [0.29, 0.717) is 5.75 Å². The summed E-state index contributed by atoms with van der Waals surface area (Å²) in [5.41, 5.74) is 0.908. The fourth-order valence-corrected chi connectivity index (χ4v) is 2.73. The molecule has 0 aliphatic carbocycles. The Bertz CT molecular complexity index is 505. The van der Waals surface area contributed by atoms with Gasteiger partial charge in [0.15, 0.2) is 0 Å². The van der Waals surface area contributed by atoms with Crippen LogP contribution in [0.25, 0.3) is 0 Å². The molecule has 1 fully saturated rings. The van der Waals surface area contributed by atoms with E-state index in [9.17, 15) is 5.26 Å². The van der Waals surface area contributed by atoms with E-state index in [1.54, 1.807) is 14.2 Å². The summed E-state index contributed by atoms with van der Waals surface area (Å²) >= 11 is 0. The van der Waals surface area contributed by atoms with Gasteiger partial charge in [-0.3, -0.25) is 4.90 Å². The first-order valence-corrected chi connectivity index (χ1v) is 7.31. The summed E-state index contributed by atoms with van der Waals surface area (Å²) in [6.45, 7) is 7.06. The highest BCUT2D eigenvalue weighted by Gasteiger charge is 2.26. The van der Waals surface area contributed by atoms with Crippen molar-refractivity contribution in [2.75, 3.05) is 46.9 Å². The predicted octanol–water partition coefficient (Wildman–Crippen LogP) is 1.91. The maximum absolute atomic E-state index is 9.61. The average molecular weight is 289 g/mol. The molecule has 5 heteroatoms. The van der Waals surface area contributed by atoms with E-state index in [1.165, 1.54) is 0 Å². The standard InChI is InChI=1S/C16H23N3O2/c1-4-18-7-9-19(10-8-18)15(12-17)14-6-5-13(20-2)11-16(14)21-3/h5-6,11,15H,4,7-10H2,1-3H3. The summed E-state index contributed by atoms with van der Waals surface area (Å²) in [4.78, 5) is 4.62. The highest BCUT2D eigenvalue weighted by Crippen LogP contribution is 2.32. The van der Waals surface area contributed by atoms with E-state index in [1.807, 2.05) is 18.2 Å². The van der Waals surface area contributed by atoms with E-state index >= 15 is 0 Å². The van der Waals surface area contributed by atoms with Crippen molar-refractivity contribution in [1.82, 2.24) is 9.80 Å².